The van der Waals surface area contributed by atoms with Crippen LogP contribution in [0, 0.1) is 5.82 Å². The van der Waals surface area contributed by atoms with Crippen molar-refractivity contribution in [3.8, 4) is 5.69 Å². The monoisotopic (exact) mass is 567 g/mol. The van der Waals surface area contributed by atoms with Gasteiger partial charge < -0.3 is 0 Å². The Morgan fingerprint density at radius 2 is 1.43 bits per heavy atom. The van der Waals surface area contributed by atoms with E-state index >= 15 is 0 Å². The number of alkyl halides is 3. The zero-order chi connectivity index (χ0) is 28.3. The van der Waals surface area contributed by atoms with Gasteiger partial charge >= 0.3 is 6.18 Å². The second kappa shape index (κ2) is 11.2. The van der Waals surface area contributed by atoms with E-state index < -0.39 is 33.8 Å². The summed E-state index contributed by atoms with van der Waals surface area (Å²) in [5.74, 6) is -3.25. The third kappa shape index (κ3) is 6.40. The van der Waals surface area contributed by atoms with Crippen molar-refractivity contribution < 1.29 is 26.0 Å². The molecule has 0 aliphatic carbocycles. The molecular weight excluding hydrogens is 542 g/mol. The minimum Gasteiger partial charge on any atom is -0.233 e. The van der Waals surface area contributed by atoms with Crippen LogP contribution in [0.15, 0.2) is 109 Å². The molecule has 1 aromatic heterocycles. The molecule has 206 valence electrons. The molecule has 40 heavy (non-hydrogen) atoms. The van der Waals surface area contributed by atoms with Crippen molar-refractivity contribution in [2.24, 2.45) is 0 Å². The van der Waals surface area contributed by atoms with Gasteiger partial charge in [-0.05, 0) is 53.1 Å². The van der Waals surface area contributed by atoms with Gasteiger partial charge in [-0.25, -0.2) is 22.2 Å². The van der Waals surface area contributed by atoms with E-state index in [4.69, 9.17) is 0 Å². The molecule has 1 N–H and O–H groups in total. The first kappa shape index (κ1) is 27.5. The molecular formula is C30H25F4N3O2S. The lowest BCUT2D eigenvalue weighted by Crippen LogP contribution is -2.37. The highest BCUT2D eigenvalue weighted by Crippen LogP contribution is 2.39. The maximum absolute atomic E-state index is 13.5. The second-order valence-corrected chi connectivity index (χ2v) is 11.3. The first-order valence-electron chi connectivity index (χ1n) is 12.5. The van der Waals surface area contributed by atoms with Crippen LogP contribution >= 0.6 is 0 Å². The zero-order valence-electron chi connectivity index (χ0n) is 21.1. The molecule has 5 rings (SSSR count). The van der Waals surface area contributed by atoms with E-state index in [0.29, 0.717) is 5.69 Å². The molecule has 4 aromatic carbocycles. The van der Waals surface area contributed by atoms with Gasteiger partial charge in [-0.2, -0.15) is 18.3 Å². The van der Waals surface area contributed by atoms with Gasteiger partial charge in [-0.1, -0.05) is 66.7 Å². The van der Waals surface area contributed by atoms with E-state index in [1.165, 1.54) is 12.1 Å². The fourth-order valence-electron chi connectivity index (χ4n) is 4.96. The van der Waals surface area contributed by atoms with Gasteiger partial charge in [0.05, 0.1) is 17.4 Å². The van der Waals surface area contributed by atoms with E-state index in [-0.39, 0.29) is 12.4 Å². The van der Waals surface area contributed by atoms with Gasteiger partial charge in [-0.15, -0.1) is 0 Å². The van der Waals surface area contributed by atoms with E-state index in [0.717, 1.165) is 27.6 Å². The fourth-order valence-corrected chi connectivity index (χ4v) is 5.93. The molecule has 2 unspecified atom stereocenters. The van der Waals surface area contributed by atoms with Crippen molar-refractivity contribution >= 4 is 20.9 Å². The highest BCUT2D eigenvalue weighted by atomic mass is 32.2. The van der Waals surface area contributed by atoms with Crippen molar-refractivity contribution in [1.29, 1.82) is 0 Å². The summed E-state index contributed by atoms with van der Waals surface area (Å²) in [7, 11) is -4.62. The number of nitrogens with one attached hydrogen (secondary N) is 1. The molecule has 1 heterocycles. The van der Waals surface area contributed by atoms with Crippen LogP contribution in [0.4, 0.5) is 17.6 Å². The topological polar surface area (TPSA) is 64.0 Å². The predicted octanol–water partition coefficient (Wildman–Crippen LogP) is 6.56. The molecule has 0 spiro atoms. The van der Waals surface area contributed by atoms with Gasteiger partial charge in [0, 0.05) is 23.8 Å². The third-order valence-electron chi connectivity index (χ3n) is 6.69. The van der Waals surface area contributed by atoms with Crippen LogP contribution in [0.5, 0.6) is 0 Å². The number of sulfonamides is 1. The van der Waals surface area contributed by atoms with Gasteiger partial charge in [0.1, 0.15) is 5.82 Å². The largest absolute Gasteiger partial charge is 0.404 e. The van der Waals surface area contributed by atoms with E-state index in [1.807, 2.05) is 78.9 Å². The number of benzene rings is 4. The average Bonchev–Trinajstić information content (AvgIpc) is 3.34. The summed E-state index contributed by atoms with van der Waals surface area (Å²) in [6.07, 6.45) is -3.17. The van der Waals surface area contributed by atoms with Crippen LogP contribution in [0.25, 0.3) is 16.6 Å². The number of fused-ring (bicyclic) bond motifs is 1. The Morgan fingerprint density at radius 3 is 2.05 bits per heavy atom. The molecule has 0 fully saturated rings. The fraction of sp³-hybridized carbons (Fsp3) is 0.167. The Labute approximate surface area is 229 Å². The van der Waals surface area contributed by atoms with Crippen molar-refractivity contribution in [1.82, 2.24) is 14.5 Å². The normalized spacial score (nSPS) is 13.8. The van der Waals surface area contributed by atoms with E-state index in [2.05, 4.69) is 9.82 Å². The standard InChI is InChI=1S/C30H25F4N3O2S/c31-25-12-14-26(15-13-25)37-28-16-11-23(17-24(28)18-35-37)29(22-9-5-2-6-10-22)27(21-7-3-1-4-8-21)19-36-40(38,39)20-30(32,33)34/h1-18,27,29,36H,19-20H2. The van der Waals surface area contributed by atoms with Crippen LogP contribution < -0.4 is 4.72 Å². The quantitative estimate of drug-likeness (QED) is 0.205. The lowest BCUT2D eigenvalue weighted by atomic mass is 9.77. The van der Waals surface area contributed by atoms with Crippen LogP contribution in [0.1, 0.15) is 28.5 Å². The molecule has 0 aliphatic heterocycles. The maximum Gasteiger partial charge on any atom is 0.404 e. The summed E-state index contributed by atoms with van der Waals surface area (Å²) in [6.45, 7) is -0.241. The summed E-state index contributed by atoms with van der Waals surface area (Å²) in [4.78, 5) is 0. The Hall–Kier alpha value is -4.02. The number of nitrogens with zero attached hydrogens (tertiary/aromatic N) is 2. The van der Waals surface area contributed by atoms with Gasteiger partial charge in [0.2, 0.25) is 10.0 Å². The van der Waals surface area contributed by atoms with Crippen molar-refractivity contribution in [3.05, 3.63) is 132 Å². The Morgan fingerprint density at radius 1 is 0.800 bits per heavy atom. The van der Waals surface area contributed by atoms with Crippen LogP contribution in [-0.2, 0) is 10.0 Å². The number of halogens is 4. The smallest absolute Gasteiger partial charge is 0.233 e. The number of aromatic nitrogens is 2. The van der Waals surface area contributed by atoms with Gasteiger partial charge in [0.15, 0.2) is 5.75 Å². The third-order valence-corrected chi connectivity index (χ3v) is 8.00. The van der Waals surface area contributed by atoms with E-state index in [9.17, 15) is 26.0 Å². The van der Waals surface area contributed by atoms with Gasteiger partial charge in [-0.3, -0.25) is 0 Å². The molecule has 5 nitrogen and oxygen atoms in total. The van der Waals surface area contributed by atoms with Gasteiger partial charge in [0.25, 0.3) is 0 Å². The minimum atomic E-state index is -4.86. The summed E-state index contributed by atoms with van der Waals surface area (Å²) in [5, 5.41) is 5.27. The average molecular weight is 568 g/mol. The second-order valence-electron chi connectivity index (χ2n) is 9.48. The van der Waals surface area contributed by atoms with E-state index in [1.54, 1.807) is 23.0 Å². The summed E-state index contributed by atoms with van der Waals surface area (Å²) < 4.78 is 80.8. The zero-order valence-corrected chi connectivity index (χ0v) is 21.9. The first-order valence-corrected chi connectivity index (χ1v) is 14.1. The molecule has 2 atom stereocenters. The van der Waals surface area contributed by atoms with Crippen molar-refractivity contribution in [2.75, 3.05) is 12.3 Å². The van der Waals surface area contributed by atoms with Crippen molar-refractivity contribution in [3.63, 3.8) is 0 Å². The SMILES string of the molecule is O=S(=O)(CC(F)(F)F)NCC(c1ccccc1)C(c1ccccc1)c1ccc2c(cnn2-c2ccc(F)cc2)c1. The lowest BCUT2D eigenvalue weighted by molar-refractivity contribution is -0.106. The summed E-state index contributed by atoms with van der Waals surface area (Å²) >= 11 is 0. The number of hydrogen-bond donors (Lipinski definition) is 1. The van der Waals surface area contributed by atoms with Crippen molar-refractivity contribution in [2.45, 2.75) is 18.0 Å². The summed E-state index contributed by atoms with van der Waals surface area (Å²) in [6, 6.07) is 30.2. The predicted molar refractivity (Wildman–Crippen MR) is 146 cm³/mol. The molecule has 10 heteroatoms. The van der Waals surface area contributed by atoms with Crippen LogP contribution in [0.2, 0.25) is 0 Å². The van der Waals surface area contributed by atoms with Crippen LogP contribution in [0.3, 0.4) is 0 Å². The Bertz CT molecular complexity index is 1690. The molecule has 0 bridgehead atoms. The highest BCUT2D eigenvalue weighted by Gasteiger charge is 2.36. The molecule has 0 amide bonds. The first-order chi connectivity index (χ1) is 19.1. The number of hydrogen-bond acceptors (Lipinski definition) is 3. The molecule has 0 radical (unpaired) electrons. The summed E-state index contributed by atoms with van der Waals surface area (Å²) in [5.41, 5.74) is 3.94. The minimum absolute atomic E-state index is 0.241. The molecule has 0 saturated carbocycles. The van der Waals surface area contributed by atoms with Crippen LogP contribution in [-0.4, -0.2) is 36.7 Å². The number of rotatable bonds is 9. The Kier molecular flexibility index (Phi) is 7.73. The lowest BCUT2D eigenvalue weighted by Gasteiger charge is -2.29. The molecule has 5 aromatic rings. The maximum atomic E-state index is 13.5. The molecule has 0 saturated heterocycles. The highest BCUT2D eigenvalue weighted by molar-refractivity contribution is 7.89. The molecule has 0 aliphatic rings. The Balaban J connectivity index is 1.58.